The van der Waals surface area contributed by atoms with Crippen LogP contribution in [-0.2, 0) is 29.6 Å². The number of carbonyl (C=O) groups excluding carboxylic acids is 1. The highest BCUT2D eigenvalue weighted by Gasteiger charge is 2.51. The molecular weight excluding hydrogens is 395 g/mol. The Balaban J connectivity index is 1.80. The van der Waals surface area contributed by atoms with Crippen LogP contribution in [0.1, 0.15) is 24.8 Å². The molecular formula is C19H27N4O5P. The predicted octanol–water partition coefficient (Wildman–Crippen LogP) is 3.05. The van der Waals surface area contributed by atoms with Gasteiger partial charge in [0.15, 0.2) is 0 Å². The van der Waals surface area contributed by atoms with Gasteiger partial charge in [-0.2, -0.15) is 0 Å². The number of benzene rings is 1. The zero-order valence-electron chi connectivity index (χ0n) is 16.9. The van der Waals surface area contributed by atoms with Crippen LogP contribution in [0.15, 0.2) is 29.4 Å². The highest BCUT2D eigenvalue weighted by atomic mass is 31.2. The third-order valence-electron chi connectivity index (χ3n) is 6.02. The number of hydrogen-bond donors (Lipinski definition) is 0. The topological polar surface area (TPSA) is 114 Å². The SMILES string of the molecule is COC(=O)[C@H]1C(OP(=O)(OC)c2ccc(CCN=[N+]=[N-])cc2)CC2CCC1N2C. The molecule has 0 spiro atoms. The summed E-state index contributed by atoms with van der Waals surface area (Å²) in [6.45, 7) is 0.355. The molecule has 0 aliphatic carbocycles. The second-order valence-electron chi connectivity index (χ2n) is 7.44. The van der Waals surface area contributed by atoms with Gasteiger partial charge in [0.1, 0.15) is 0 Å². The summed E-state index contributed by atoms with van der Waals surface area (Å²) in [5, 5.41) is 3.95. The Kier molecular flexibility index (Phi) is 6.98. The number of esters is 1. The van der Waals surface area contributed by atoms with E-state index in [9.17, 15) is 9.36 Å². The normalized spacial score (nSPS) is 28.4. The van der Waals surface area contributed by atoms with Gasteiger partial charge in [-0.25, -0.2) is 0 Å². The Bertz CT molecular complexity index is 826. The number of rotatable bonds is 8. The van der Waals surface area contributed by atoms with E-state index in [-0.39, 0.29) is 12.0 Å². The van der Waals surface area contributed by atoms with Gasteiger partial charge < -0.3 is 13.8 Å². The molecule has 9 nitrogen and oxygen atoms in total. The summed E-state index contributed by atoms with van der Waals surface area (Å²) in [6, 6.07) is 7.33. The Morgan fingerprint density at radius 2 is 2.03 bits per heavy atom. The lowest BCUT2D eigenvalue weighted by molar-refractivity contribution is -0.154. The molecule has 5 atom stereocenters. The van der Waals surface area contributed by atoms with Crippen molar-refractivity contribution in [2.45, 2.75) is 43.9 Å². The largest absolute Gasteiger partial charge is 0.469 e. The first-order valence-corrected chi connectivity index (χ1v) is 11.2. The highest BCUT2D eigenvalue weighted by Crippen LogP contribution is 2.52. The van der Waals surface area contributed by atoms with Crippen LogP contribution in [-0.4, -0.2) is 56.9 Å². The van der Waals surface area contributed by atoms with Gasteiger partial charge in [0.2, 0.25) is 0 Å². The fourth-order valence-corrected chi connectivity index (χ4v) is 5.94. The zero-order chi connectivity index (χ0) is 21.0. The number of piperidine rings is 1. The van der Waals surface area contributed by atoms with E-state index in [1.54, 1.807) is 12.1 Å². The minimum absolute atomic E-state index is 0.0135. The molecule has 29 heavy (non-hydrogen) atoms. The van der Waals surface area contributed by atoms with Crippen molar-refractivity contribution in [1.29, 1.82) is 0 Å². The number of nitrogens with zero attached hydrogens (tertiary/aromatic N) is 4. The van der Waals surface area contributed by atoms with Crippen molar-refractivity contribution in [3.8, 4) is 0 Å². The molecule has 2 aliphatic heterocycles. The quantitative estimate of drug-likeness (QED) is 0.209. The Morgan fingerprint density at radius 3 is 2.66 bits per heavy atom. The van der Waals surface area contributed by atoms with Gasteiger partial charge in [-0.15, -0.1) is 0 Å². The number of azide groups is 1. The summed E-state index contributed by atoms with van der Waals surface area (Å²) in [5.74, 6) is -0.849. The second-order valence-corrected chi connectivity index (χ2v) is 9.53. The molecule has 2 bridgehead atoms. The smallest absolute Gasteiger partial charge is 0.361 e. The van der Waals surface area contributed by atoms with E-state index >= 15 is 0 Å². The van der Waals surface area contributed by atoms with E-state index in [0.29, 0.717) is 30.7 Å². The predicted molar refractivity (Wildman–Crippen MR) is 108 cm³/mol. The van der Waals surface area contributed by atoms with Gasteiger partial charge >= 0.3 is 13.6 Å². The fraction of sp³-hybridized carbons (Fsp3) is 0.632. The van der Waals surface area contributed by atoms with E-state index in [1.165, 1.54) is 14.2 Å². The molecule has 0 aromatic heterocycles. The van der Waals surface area contributed by atoms with E-state index < -0.39 is 19.6 Å². The summed E-state index contributed by atoms with van der Waals surface area (Å²) in [5.41, 5.74) is 9.32. The van der Waals surface area contributed by atoms with Crippen molar-refractivity contribution in [1.82, 2.24) is 4.90 Å². The first kappa shape index (κ1) is 21.8. The fourth-order valence-electron chi connectivity index (χ4n) is 4.43. The van der Waals surface area contributed by atoms with Crippen LogP contribution >= 0.6 is 7.60 Å². The van der Waals surface area contributed by atoms with Crippen LogP contribution in [0.3, 0.4) is 0 Å². The maximum Gasteiger partial charge on any atom is 0.361 e. The van der Waals surface area contributed by atoms with Crippen molar-refractivity contribution >= 4 is 18.9 Å². The van der Waals surface area contributed by atoms with E-state index in [4.69, 9.17) is 19.3 Å². The number of fused-ring (bicyclic) bond motifs is 2. The van der Waals surface area contributed by atoms with Gasteiger partial charge in [0.05, 0.1) is 24.4 Å². The summed E-state index contributed by atoms with van der Waals surface area (Å²) in [4.78, 5) is 17.4. The zero-order valence-corrected chi connectivity index (χ0v) is 17.8. The molecule has 3 rings (SSSR count). The summed E-state index contributed by atoms with van der Waals surface area (Å²) in [6.07, 6.45) is 2.52. The maximum atomic E-state index is 13.5. The van der Waals surface area contributed by atoms with Crippen molar-refractivity contribution in [3.63, 3.8) is 0 Å². The number of methoxy groups -OCH3 is 1. The molecule has 2 heterocycles. The molecule has 10 heteroatoms. The molecule has 4 unspecified atom stereocenters. The first-order valence-electron chi connectivity index (χ1n) is 9.67. The number of ether oxygens (including phenoxy) is 1. The lowest BCUT2D eigenvalue weighted by atomic mass is 9.88. The molecule has 1 aromatic carbocycles. The average molecular weight is 422 g/mol. The van der Waals surface area contributed by atoms with Crippen molar-refractivity contribution in [2.24, 2.45) is 11.0 Å². The minimum atomic E-state index is -3.61. The lowest BCUT2D eigenvalue weighted by Gasteiger charge is -2.41. The standard InChI is InChI=1S/C19H27N4O5P/c1-23-14-6-9-16(23)18(19(24)26-2)17(12-14)28-29(25,27-3)15-7-4-13(5-8-15)10-11-21-22-20/h4-5,7-8,14,16-18H,6,9-12H2,1-3H3/t14?,16?,17?,18-,29?/m1/s1. The maximum absolute atomic E-state index is 13.5. The van der Waals surface area contributed by atoms with Crippen LogP contribution in [0.2, 0.25) is 0 Å². The monoisotopic (exact) mass is 422 g/mol. The summed E-state index contributed by atoms with van der Waals surface area (Å²) < 4.78 is 29.9. The van der Waals surface area contributed by atoms with Crippen LogP contribution in [0.4, 0.5) is 0 Å². The molecule has 1 aromatic rings. The molecule has 2 fully saturated rings. The summed E-state index contributed by atoms with van der Waals surface area (Å²) >= 11 is 0. The highest BCUT2D eigenvalue weighted by molar-refractivity contribution is 7.62. The van der Waals surface area contributed by atoms with Crippen molar-refractivity contribution in [3.05, 3.63) is 40.3 Å². The Labute approximate surface area is 170 Å². The molecule has 0 amide bonds. The molecule has 2 saturated heterocycles. The molecule has 0 radical (unpaired) electrons. The van der Waals surface area contributed by atoms with Gasteiger partial charge in [-0.3, -0.25) is 14.3 Å². The van der Waals surface area contributed by atoms with Crippen molar-refractivity contribution in [2.75, 3.05) is 27.8 Å². The average Bonchev–Trinajstić information content (AvgIpc) is 2.97. The van der Waals surface area contributed by atoms with Gasteiger partial charge in [-0.1, -0.05) is 17.2 Å². The lowest BCUT2D eigenvalue weighted by Crippen LogP contribution is -2.53. The third kappa shape index (κ3) is 4.49. The molecule has 2 aliphatic rings. The number of carbonyl (C=O) groups is 1. The first-order chi connectivity index (χ1) is 13.9. The van der Waals surface area contributed by atoms with Crippen molar-refractivity contribution < 1.29 is 23.1 Å². The van der Waals surface area contributed by atoms with Crippen LogP contribution in [0.5, 0.6) is 0 Å². The van der Waals surface area contributed by atoms with Crippen LogP contribution < -0.4 is 5.30 Å². The molecule has 158 valence electrons. The Hall–Kier alpha value is -1.89. The third-order valence-corrected chi connectivity index (χ3v) is 7.98. The molecule has 0 saturated carbocycles. The summed E-state index contributed by atoms with van der Waals surface area (Å²) in [7, 11) is 1.12. The van der Waals surface area contributed by atoms with E-state index in [1.807, 2.05) is 19.2 Å². The second kappa shape index (κ2) is 9.28. The minimum Gasteiger partial charge on any atom is -0.469 e. The van der Waals surface area contributed by atoms with Gasteiger partial charge in [0, 0.05) is 30.6 Å². The van der Waals surface area contributed by atoms with Gasteiger partial charge in [0.25, 0.3) is 0 Å². The van der Waals surface area contributed by atoms with Crippen LogP contribution in [0, 0.1) is 5.92 Å². The Morgan fingerprint density at radius 1 is 1.31 bits per heavy atom. The van der Waals surface area contributed by atoms with Crippen LogP contribution in [0.25, 0.3) is 10.4 Å². The van der Waals surface area contributed by atoms with E-state index in [2.05, 4.69) is 14.9 Å². The van der Waals surface area contributed by atoms with Gasteiger partial charge in [-0.05, 0) is 56.0 Å². The molecule has 0 N–H and O–H groups in total. The number of hydrogen-bond acceptors (Lipinski definition) is 7. The van der Waals surface area contributed by atoms with E-state index in [0.717, 1.165) is 18.4 Å².